The fraction of sp³-hybridized carbons (Fsp3) is 0.280. The Morgan fingerprint density at radius 2 is 1.84 bits per heavy atom. The van der Waals surface area contributed by atoms with Gasteiger partial charge in [-0.2, -0.15) is 0 Å². The molecule has 0 spiro atoms. The summed E-state index contributed by atoms with van der Waals surface area (Å²) in [4.78, 5) is 25.2. The standard InChI is InChI=1S/C25H24ClNO4/c1-14-16-9-18-19(25(2,3)4)13-30-21(18)11-22(16)31-24(29)17(14)10-23(28)27-12-15-7-5-6-8-20(15)26/h5-9,11,13H,10,12H2,1-4H3,(H,27,28). The van der Waals surface area contributed by atoms with Gasteiger partial charge in [0.2, 0.25) is 5.91 Å². The van der Waals surface area contributed by atoms with Gasteiger partial charge in [-0.25, -0.2) is 4.79 Å². The van der Waals surface area contributed by atoms with Gasteiger partial charge < -0.3 is 14.2 Å². The molecule has 31 heavy (non-hydrogen) atoms. The summed E-state index contributed by atoms with van der Waals surface area (Å²) in [5.74, 6) is -0.269. The lowest BCUT2D eigenvalue weighted by Crippen LogP contribution is -2.27. The molecular weight excluding hydrogens is 414 g/mol. The summed E-state index contributed by atoms with van der Waals surface area (Å²) < 4.78 is 11.2. The minimum atomic E-state index is -0.514. The van der Waals surface area contributed by atoms with E-state index in [0.29, 0.717) is 28.3 Å². The molecule has 0 saturated heterocycles. The van der Waals surface area contributed by atoms with Gasteiger partial charge in [-0.3, -0.25) is 4.79 Å². The quantitative estimate of drug-likeness (QED) is 0.418. The molecule has 2 aromatic carbocycles. The van der Waals surface area contributed by atoms with Crippen LogP contribution in [0.4, 0.5) is 0 Å². The molecule has 0 fully saturated rings. The summed E-state index contributed by atoms with van der Waals surface area (Å²) in [6, 6.07) is 11.0. The third-order valence-corrected chi connectivity index (χ3v) is 5.93. The van der Waals surface area contributed by atoms with Gasteiger partial charge in [0.05, 0.1) is 18.2 Å². The molecule has 5 nitrogen and oxygen atoms in total. The number of nitrogens with one attached hydrogen (secondary N) is 1. The van der Waals surface area contributed by atoms with Crippen molar-refractivity contribution in [1.82, 2.24) is 5.32 Å². The first kappa shape index (κ1) is 21.2. The Kier molecular flexibility index (Phi) is 5.40. The van der Waals surface area contributed by atoms with Crippen LogP contribution in [0.15, 0.2) is 56.3 Å². The maximum Gasteiger partial charge on any atom is 0.340 e. The molecule has 2 heterocycles. The molecule has 1 amide bonds. The fourth-order valence-electron chi connectivity index (χ4n) is 3.75. The van der Waals surface area contributed by atoms with Crippen LogP contribution in [0.25, 0.3) is 21.9 Å². The third kappa shape index (κ3) is 4.10. The molecule has 2 aromatic heterocycles. The molecule has 4 aromatic rings. The van der Waals surface area contributed by atoms with Crippen LogP contribution in [0.1, 0.15) is 43.0 Å². The van der Waals surface area contributed by atoms with Gasteiger partial charge in [-0.15, -0.1) is 0 Å². The van der Waals surface area contributed by atoms with Gasteiger partial charge in [0.15, 0.2) is 0 Å². The molecule has 1 N–H and O–H groups in total. The molecule has 0 unspecified atom stereocenters. The van der Waals surface area contributed by atoms with Crippen LogP contribution >= 0.6 is 11.6 Å². The molecule has 6 heteroatoms. The van der Waals surface area contributed by atoms with E-state index in [9.17, 15) is 9.59 Å². The van der Waals surface area contributed by atoms with Crippen molar-refractivity contribution in [2.24, 2.45) is 0 Å². The summed E-state index contributed by atoms with van der Waals surface area (Å²) in [6.45, 7) is 8.50. The van der Waals surface area contributed by atoms with Crippen molar-refractivity contribution in [3.8, 4) is 0 Å². The lowest BCUT2D eigenvalue weighted by Gasteiger charge is -2.16. The summed E-state index contributed by atoms with van der Waals surface area (Å²) in [6.07, 6.45) is 1.68. The number of hydrogen-bond acceptors (Lipinski definition) is 4. The predicted octanol–water partition coefficient (Wildman–Crippen LogP) is 5.66. The van der Waals surface area contributed by atoms with Crippen LogP contribution in [0.5, 0.6) is 0 Å². The lowest BCUT2D eigenvalue weighted by molar-refractivity contribution is -0.120. The maximum absolute atomic E-state index is 12.6. The Morgan fingerprint density at radius 3 is 2.55 bits per heavy atom. The van der Waals surface area contributed by atoms with E-state index in [4.69, 9.17) is 20.4 Å². The predicted molar refractivity (Wildman–Crippen MR) is 123 cm³/mol. The van der Waals surface area contributed by atoms with Crippen molar-refractivity contribution in [3.05, 3.63) is 80.4 Å². The van der Waals surface area contributed by atoms with E-state index in [1.807, 2.05) is 31.2 Å². The second-order valence-corrected chi connectivity index (χ2v) is 9.19. The highest BCUT2D eigenvalue weighted by Crippen LogP contribution is 2.35. The zero-order valence-corrected chi connectivity index (χ0v) is 18.7. The highest BCUT2D eigenvalue weighted by Gasteiger charge is 2.22. The van der Waals surface area contributed by atoms with Gasteiger partial charge in [0, 0.05) is 34.0 Å². The smallest absolute Gasteiger partial charge is 0.340 e. The second kappa shape index (κ2) is 7.89. The fourth-order valence-corrected chi connectivity index (χ4v) is 3.96. The maximum atomic E-state index is 12.6. The number of carbonyl (C=O) groups is 1. The SMILES string of the molecule is Cc1c(CC(=O)NCc2ccccc2Cl)c(=O)oc2cc3occ(C(C)(C)C)c3cc12. The molecule has 4 rings (SSSR count). The summed E-state index contributed by atoms with van der Waals surface area (Å²) in [5.41, 5.74) is 3.50. The highest BCUT2D eigenvalue weighted by atomic mass is 35.5. The van der Waals surface area contributed by atoms with E-state index >= 15 is 0 Å². The first-order valence-electron chi connectivity index (χ1n) is 10.1. The minimum absolute atomic E-state index is 0.0654. The van der Waals surface area contributed by atoms with Crippen molar-refractivity contribution in [2.75, 3.05) is 0 Å². The number of carbonyl (C=O) groups excluding carboxylic acids is 1. The van der Waals surface area contributed by atoms with Gasteiger partial charge in [0.1, 0.15) is 11.2 Å². The van der Waals surface area contributed by atoms with Crippen molar-refractivity contribution in [3.63, 3.8) is 0 Å². The monoisotopic (exact) mass is 437 g/mol. The number of benzene rings is 2. The number of fused-ring (bicyclic) bond motifs is 2. The Hall–Kier alpha value is -3.05. The average Bonchev–Trinajstić information content (AvgIpc) is 3.12. The van der Waals surface area contributed by atoms with Gasteiger partial charge >= 0.3 is 5.63 Å². The van der Waals surface area contributed by atoms with Crippen LogP contribution < -0.4 is 10.9 Å². The minimum Gasteiger partial charge on any atom is -0.464 e. The van der Waals surface area contributed by atoms with E-state index in [-0.39, 0.29) is 17.7 Å². The van der Waals surface area contributed by atoms with E-state index in [0.717, 1.165) is 27.5 Å². The molecular formula is C25H24ClNO4. The molecule has 0 atom stereocenters. The number of amides is 1. The number of aryl methyl sites for hydroxylation is 1. The van der Waals surface area contributed by atoms with Crippen LogP contribution in [-0.2, 0) is 23.2 Å². The Bertz CT molecular complexity index is 1360. The molecule has 0 aliphatic rings. The first-order chi connectivity index (χ1) is 14.6. The van der Waals surface area contributed by atoms with Crippen LogP contribution in [0.2, 0.25) is 5.02 Å². The van der Waals surface area contributed by atoms with Crippen LogP contribution in [-0.4, -0.2) is 5.91 Å². The largest absolute Gasteiger partial charge is 0.464 e. The average molecular weight is 438 g/mol. The molecule has 0 aliphatic heterocycles. The molecule has 0 bridgehead atoms. The van der Waals surface area contributed by atoms with Gasteiger partial charge in [-0.05, 0) is 35.6 Å². The second-order valence-electron chi connectivity index (χ2n) is 8.78. The number of halogens is 1. The van der Waals surface area contributed by atoms with E-state index in [1.54, 1.807) is 18.4 Å². The van der Waals surface area contributed by atoms with Gasteiger partial charge in [0.25, 0.3) is 0 Å². The molecule has 0 aliphatic carbocycles. The van der Waals surface area contributed by atoms with Crippen molar-refractivity contribution in [2.45, 2.75) is 46.1 Å². The first-order valence-corrected chi connectivity index (χ1v) is 10.5. The van der Waals surface area contributed by atoms with Crippen molar-refractivity contribution in [1.29, 1.82) is 0 Å². The summed E-state index contributed by atoms with van der Waals surface area (Å²) in [7, 11) is 0. The van der Waals surface area contributed by atoms with Crippen LogP contribution in [0, 0.1) is 6.92 Å². The normalized spacial score (nSPS) is 11.9. The Labute approximate surface area is 185 Å². The highest BCUT2D eigenvalue weighted by molar-refractivity contribution is 6.31. The van der Waals surface area contributed by atoms with E-state index < -0.39 is 5.63 Å². The zero-order valence-electron chi connectivity index (χ0n) is 18.0. The number of furan rings is 1. The van der Waals surface area contributed by atoms with Crippen molar-refractivity contribution >= 4 is 39.4 Å². The number of rotatable bonds is 4. The number of hydrogen-bond donors (Lipinski definition) is 1. The van der Waals surface area contributed by atoms with E-state index in [2.05, 4.69) is 26.1 Å². The van der Waals surface area contributed by atoms with Crippen molar-refractivity contribution < 1.29 is 13.6 Å². The molecule has 0 saturated carbocycles. The molecule has 160 valence electrons. The van der Waals surface area contributed by atoms with Gasteiger partial charge in [-0.1, -0.05) is 50.6 Å². The third-order valence-electron chi connectivity index (χ3n) is 5.56. The molecule has 0 radical (unpaired) electrons. The zero-order chi connectivity index (χ0) is 22.3. The Balaban J connectivity index is 1.67. The van der Waals surface area contributed by atoms with E-state index in [1.165, 1.54) is 0 Å². The Morgan fingerprint density at radius 1 is 1.10 bits per heavy atom. The topological polar surface area (TPSA) is 72.5 Å². The summed E-state index contributed by atoms with van der Waals surface area (Å²) >= 11 is 6.14. The van der Waals surface area contributed by atoms with Crippen LogP contribution in [0.3, 0.4) is 0 Å². The summed E-state index contributed by atoms with van der Waals surface area (Å²) in [5, 5.41) is 5.19. The lowest BCUT2D eigenvalue weighted by atomic mass is 9.86.